The first-order valence-electron chi connectivity index (χ1n) is 10.6. The molecule has 1 aliphatic heterocycles. The third-order valence-corrected chi connectivity index (χ3v) is 6.89. The topological polar surface area (TPSA) is 144 Å². The highest BCUT2D eigenvalue weighted by Crippen LogP contribution is 2.43. The molecule has 182 valence electrons. The quantitative estimate of drug-likeness (QED) is 0.407. The van der Waals surface area contributed by atoms with Gasteiger partial charge in [-0.05, 0) is 53.9 Å². The second-order valence-corrected chi connectivity index (χ2v) is 9.72. The SMILES string of the molecule is NCCCCN1CC(c2ccc(-c3ccc(C(F)(F)F)c(S(N)(=O)=O)c3-c3nn[nH]n3)cc2)C1. The molecule has 0 unspecified atom stereocenters. The van der Waals surface area contributed by atoms with Gasteiger partial charge in [-0.1, -0.05) is 30.3 Å². The number of nitrogens with two attached hydrogens (primary N) is 2. The van der Waals surface area contributed by atoms with E-state index in [4.69, 9.17) is 10.9 Å². The molecule has 1 saturated heterocycles. The van der Waals surface area contributed by atoms with Gasteiger partial charge in [0, 0.05) is 19.0 Å². The van der Waals surface area contributed by atoms with Gasteiger partial charge in [0.1, 0.15) is 4.90 Å². The number of aromatic nitrogens is 4. The van der Waals surface area contributed by atoms with Gasteiger partial charge in [0.25, 0.3) is 0 Å². The van der Waals surface area contributed by atoms with E-state index in [-0.39, 0.29) is 17.0 Å². The van der Waals surface area contributed by atoms with E-state index in [0.29, 0.717) is 24.1 Å². The van der Waals surface area contributed by atoms with Gasteiger partial charge in [-0.15, -0.1) is 10.2 Å². The number of rotatable bonds is 8. The Balaban J connectivity index is 1.70. The maximum atomic E-state index is 13.7. The van der Waals surface area contributed by atoms with Crippen LogP contribution in [0.15, 0.2) is 41.3 Å². The molecule has 3 aromatic rings. The summed E-state index contributed by atoms with van der Waals surface area (Å²) in [7, 11) is -4.79. The van der Waals surface area contributed by atoms with E-state index >= 15 is 0 Å². The number of hydrogen-bond acceptors (Lipinski definition) is 7. The molecular formula is C21H24F3N7O2S. The van der Waals surface area contributed by atoms with E-state index in [0.717, 1.165) is 38.0 Å². The third kappa shape index (κ3) is 4.97. The highest BCUT2D eigenvalue weighted by Gasteiger charge is 2.40. The van der Waals surface area contributed by atoms with Crippen molar-refractivity contribution in [3.05, 3.63) is 47.5 Å². The summed E-state index contributed by atoms with van der Waals surface area (Å²) in [5.74, 6) is 0.0532. The number of hydrogen-bond donors (Lipinski definition) is 3. The minimum absolute atomic E-state index is 0.196. The Morgan fingerprint density at radius 2 is 1.79 bits per heavy atom. The first-order valence-corrected chi connectivity index (χ1v) is 12.2. The number of halogens is 3. The Morgan fingerprint density at radius 3 is 2.35 bits per heavy atom. The molecule has 1 fully saturated rings. The van der Waals surface area contributed by atoms with E-state index < -0.39 is 26.7 Å². The van der Waals surface area contributed by atoms with Crippen LogP contribution in [0.5, 0.6) is 0 Å². The molecule has 5 N–H and O–H groups in total. The third-order valence-electron chi connectivity index (χ3n) is 5.90. The minimum Gasteiger partial charge on any atom is -0.330 e. The Bertz CT molecular complexity index is 1240. The first kappa shape index (κ1) is 24.3. The number of nitrogens with zero attached hydrogens (tertiary/aromatic N) is 4. The van der Waals surface area contributed by atoms with Crippen LogP contribution in [-0.2, 0) is 16.2 Å². The number of nitrogens with one attached hydrogen (secondary N) is 1. The van der Waals surface area contributed by atoms with Crippen molar-refractivity contribution in [3.8, 4) is 22.5 Å². The molecular weight excluding hydrogens is 471 g/mol. The molecule has 0 spiro atoms. The van der Waals surface area contributed by atoms with Gasteiger partial charge in [0.2, 0.25) is 15.8 Å². The molecule has 0 amide bonds. The van der Waals surface area contributed by atoms with Gasteiger partial charge in [-0.2, -0.15) is 18.4 Å². The average Bonchev–Trinajstić information content (AvgIpc) is 3.28. The number of aromatic amines is 1. The van der Waals surface area contributed by atoms with Crippen LogP contribution in [0.2, 0.25) is 0 Å². The van der Waals surface area contributed by atoms with Crippen molar-refractivity contribution in [2.75, 3.05) is 26.2 Å². The van der Waals surface area contributed by atoms with Crippen LogP contribution >= 0.6 is 0 Å². The van der Waals surface area contributed by atoms with Crippen LogP contribution in [0.3, 0.4) is 0 Å². The smallest absolute Gasteiger partial charge is 0.330 e. The van der Waals surface area contributed by atoms with Crippen molar-refractivity contribution in [1.29, 1.82) is 0 Å². The number of alkyl halides is 3. The predicted octanol–water partition coefficient (Wildman–Crippen LogP) is 2.34. The maximum absolute atomic E-state index is 13.7. The zero-order chi connectivity index (χ0) is 24.5. The van der Waals surface area contributed by atoms with Crippen molar-refractivity contribution in [2.45, 2.75) is 29.8 Å². The number of benzene rings is 2. The molecule has 0 aliphatic carbocycles. The van der Waals surface area contributed by atoms with Gasteiger partial charge in [-0.25, -0.2) is 13.6 Å². The normalized spacial score (nSPS) is 15.4. The average molecular weight is 496 g/mol. The molecule has 34 heavy (non-hydrogen) atoms. The number of unbranched alkanes of at least 4 members (excludes halogenated alkanes) is 1. The van der Waals surface area contributed by atoms with Crippen molar-refractivity contribution in [2.24, 2.45) is 10.9 Å². The molecule has 2 heterocycles. The maximum Gasteiger partial charge on any atom is 0.417 e. The molecule has 0 bridgehead atoms. The summed E-state index contributed by atoms with van der Waals surface area (Å²) in [6.07, 6.45) is -2.91. The zero-order valence-electron chi connectivity index (χ0n) is 18.1. The molecule has 0 radical (unpaired) electrons. The predicted molar refractivity (Wildman–Crippen MR) is 119 cm³/mol. The fraction of sp³-hybridized carbons (Fsp3) is 0.381. The molecule has 1 aliphatic rings. The summed E-state index contributed by atoms with van der Waals surface area (Å²) in [6.45, 7) is 3.53. The van der Waals surface area contributed by atoms with Crippen LogP contribution in [0.25, 0.3) is 22.5 Å². The van der Waals surface area contributed by atoms with Crippen LogP contribution in [-0.4, -0.2) is 60.1 Å². The number of likely N-dealkylation sites (tertiary alicyclic amines) is 1. The highest BCUT2D eigenvalue weighted by atomic mass is 32.2. The van der Waals surface area contributed by atoms with E-state index in [9.17, 15) is 21.6 Å². The fourth-order valence-electron chi connectivity index (χ4n) is 4.21. The van der Waals surface area contributed by atoms with Gasteiger partial charge in [-0.3, -0.25) is 0 Å². The molecule has 4 rings (SSSR count). The summed E-state index contributed by atoms with van der Waals surface area (Å²) in [6, 6.07) is 9.17. The summed E-state index contributed by atoms with van der Waals surface area (Å²) >= 11 is 0. The van der Waals surface area contributed by atoms with E-state index in [1.165, 1.54) is 6.07 Å². The standard InChI is InChI=1S/C21H24F3N7O2S/c22-21(23,24)17-8-7-16(18(19(17)34(26,32)33)20-27-29-30-28-20)14-5-3-13(4-6-14)15-11-31(12-15)10-2-1-9-25/h3-8,15H,1-2,9-12,25H2,(H2,26,32,33)(H,27,28,29,30). The number of tetrazole rings is 1. The lowest BCUT2D eigenvalue weighted by atomic mass is 9.89. The number of sulfonamides is 1. The first-order chi connectivity index (χ1) is 16.1. The Hall–Kier alpha value is -2.87. The van der Waals surface area contributed by atoms with Crippen molar-refractivity contribution in [1.82, 2.24) is 25.5 Å². The van der Waals surface area contributed by atoms with Crippen molar-refractivity contribution >= 4 is 10.0 Å². The second kappa shape index (κ2) is 9.41. The lowest BCUT2D eigenvalue weighted by molar-refractivity contribution is -0.139. The van der Waals surface area contributed by atoms with Crippen LogP contribution in [0, 0.1) is 0 Å². The molecule has 9 nitrogen and oxygen atoms in total. The summed E-state index contributed by atoms with van der Waals surface area (Å²) < 4.78 is 65.6. The van der Waals surface area contributed by atoms with Gasteiger partial charge >= 0.3 is 6.18 Å². The number of primary sulfonamides is 1. The number of H-pyrrole nitrogens is 1. The summed E-state index contributed by atoms with van der Waals surface area (Å²) in [4.78, 5) is 1.26. The Labute approximate surface area is 194 Å². The largest absolute Gasteiger partial charge is 0.417 e. The Kier molecular flexibility index (Phi) is 6.71. The molecule has 13 heteroatoms. The zero-order valence-corrected chi connectivity index (χ0v) is 18.9. The van der Waals surface area contributed by atoms with E-state index in [1.807, 2.05) is 12.1 Å². The summed E-state index contributed by atoms with van der Waals surface area (Å²) in [5, 5.41) is 18.2. The molecule has 2 aromatic carbocycles. The summed E-state index contributed by atoms with van der Waals surface area (Å²) in [5.41, 5.74) is 5.58. The van der Waals surface area contributed by atoms with Crippen molar-refractivity contribution in [3.63, 3.8) is 0 Å². The lowest BCUT2D eigenvalue weighted by Gasteiger charge is -2.39. The second-order valence-electron chi connectivity index (χ2n) is 8.22. The van der Waals surface area contributed by atoms with E-state index in [2.05, 4.69) is 25.5 Å². The van der Waals surface area contributed by atoms with Gasteiger partial charge in [0.15, 0.2) is 0 Å². The van der Waals surface area contributed by atoms with Gasteiger partial charge < -0.3 is 10.6 Å². The molecule has 1 aromatic heterocycles. The fourth-order valence-corrected chi connectivity index (χ4v) is 5.19. The lowest BCUT2D eigenvalue weighted by Crippen LogP contribution is -2.45. The molecule has 0 atom stereocenters. The van der Waals surface area contributed by atoms with Crippen LogP contribution in [0.4, 0.5) is 13.2 Å². The van der Waals surface area contributed by atoms with Crippen molar-refractivity contribution < 1.29 is 21.6 Å². The van der Waals surface area contributed by atoms with Crippen LogP contribution in [0.1, 0.15) is 29.9 Å². The highest BCUT2D eigenvalue weighted by molar-refractivity contribution is 7.89. The molecule has 0 saturated carbocycles. The van der Waals surface area contributed by atoms with Crippen LogP contribution < -0.4 is 10.9 Å². The Morgan fingerprint density at radius 1 is 1.09 bits per heavy atom. The minimum atomic E-state index is -4.96. The van der Waals surface area contributed by atoms with Gasteiger partial charge in [0.05, 0.1) is 11.1 Å². The van der Waals surface area contributed by atoms with E-state index in [1.54, 1.807) is 12.1 Å². The monoisotopic (exact) mass is 495 g/mol.